The number of H-pyrrole nitrogens is 1. The fraction of sp³-hybridized carbons (Fsp3) is 0.304. The number of morpholine rings is 1. The number of aromatic nitrogens is 1. The Morgan fingerprint density at radius 2 is 2.00 bits per heavy atom. The van der Waals surface area contributed by atoms with Crippen LogP contribution in [0.4, 0.5) is 0 Å². The van der Waals surface area contributed by atoms with Crippen LogP contribution in [-0.2, 0) is 14.3 Å². The number of carbonyl (C=O) groups excluding carboxylic acids is 1. The molecule has 156 valence electrons. The quantitative estimate of drug-likeness (QED) is 0.597. The van der Waals surface area contributed by atoms with Crippen molar-refractivity contribution in [1.82, 2.24) is 9.88 Å². The Balaban J connectivity index is 1.86. The molecule has 2 aromatic carbocycles. The first kappa shape index (κ1) is 20.4. The van der Waals surface area contributed by atoms with Crippen molar-refractivity contribution < 1.29 is 19.4 Å². The second-order valence-electron chi connectivity index (χ2n) is 7.48. The van der Waals surface area contributed by atoms with Crippen LogP contribution >= 0.6 is 11.6 Å². The van der Waals surface area contributed by atoms with Crippen molar-refractivity contribution in [2.24, 2.45) is 0 Å². The van der Waals surface area contributed by atoms with Crippen molar-refractivity contribution in [3.8, 4) is 0 Å². The number of amides is 1. The van der Waals surface area contributed by atoms with Gasteiger partial charge in [-0.1, -0.05) is 55.3 Å². The van der Waals surface area contributed by atoms with Crippen LogP contribution in [0.2, 0.25) is 5.02 Å². The molecule has 1 amide bonds. The number of carboxylic acid groups (broad SMARTS) is 1. The van der Waals surface area contributed by atoms with Gasteiger partial charge in [0.1, 0.15) is 24.8 Å². The van der Waals surface area contributed by atoms with E-state index in [9.17, 15) is 14.7 Å². The number of nitrogens with one attached hydrogen (secondary N) is 1. The molecule has 0 saturated carbocycles. The molecule has 4 rings (SSSR count). The second-order valence-corrected chi connectivity index (χ2v) is 7.92. The van der Waals surface area contributed by atoms with Gasteiger partial charge in [0, 0.05) is 16.2 Å². The molecule has 2 heterocycles. The third-order valence-electron chi connectivity index (χ3n) is 5.51. The molecule has 3 aromatic rings. The molecule has 1 aromatic heterocycles. The third-order valence-corrected chi connectivity index (χ3v) is 5.76. The van der Waals surface area contributed by atoms with Crippen molar-refractivity contribution in [1.29, 1.82) is 0 Å². The highest BCUT2D eigenvalue weighted by molar-refractivity contribution is 6.30. The molecule has 1 aliphatic rings. The number of benzene rings is 2. The molecule has 0 aliphatic carbocycles. The third kappa shape index (κ3) is 3.80. The summed E-state index contributed by atoms with van der Waals surface area (Å²) in [5.41, 5.74) is 2.50. The molecular weight excluding hydrogens is 404 g/mol. The molecule has 30 heavy (non-hydrogen) atoms. The van der Waals surface area contributed by atoms with E-state index in [2.05, 4.69) is 4.98 Å². The van der Waals surface area contributed by atoms with Gasteiger partial charge in [0.05, 0.1) is 0 Å². The zero-order valence-electron chi connectivity index (χ0n) is 16.5. The van der Waals surface area contributed by atoms with Gasteiger partial charge in [0.15, 0.2) is 0 Å². The van der Waals surface area contributed by atoms with Gasteiger partial charge in [-0.2, -0.15) is 0 Å². The summed E-state index contributed by atoms with van der Waals surface area (Å²) < 4.78 is 5.97. The number of hydrogen-bond acceptors (Lipinski definition) is 3. The molecule has 6 nitrogen and oxygen atoms in total. The van der Waals surface area contributed by atoms with E-state index < -0.39 is 24.2 Å². The van der Waals surface area contributed by atoms with Crippen LogP contribution in [-0.4, -0.2) is 39.5 Å². The summed E-state index contributed by atoms with van der Waals surface area (Å²) in [5.74, 6) is -1.34. The fourth-order valence-corrected chi connectivity index (χ4v) is 4.28. The van der Waals surface area contributed by atoms with E-state index in [-0.39, 0.29) is 12.5 Å². The summed E-state index contributed by atoms with van der Waals surface area (Å²) in [5, 5.41) is 11.5. The predicted octanol–water partition coefficient (Wildman–Crippen LogP) is 4.72. The number of rotatable bonds is 6. The van der Waals surface area contributed by atoms with Gasteiger partial charge in [-0.05, 0) is 41.6 Å². The van der Waals surface area contributed by atoms with Crippen LogP contribution in [0, 0.1) is 0 Å². The standard InChI is InChI=1S/C23H23ClN2O4/c1-2-5-19(23(28)29)26-20(27)13-30-22(14-8-10-16(24)11-9-14)21(26)18-12-15-6-3-4-7-17(15)25-18/h3-4,6-12,19,21-22,25H,2,5,13H2,1H3,(H,28,29)/t19?,21-,22+/m1/s1. The maximum Gasteiger partial charge on any atom is 0.326 e. The van der Waals surface area contributed by atoms with Crippen molar-refractivity contribution >= 4 is 34.4 Å². The number of halogens is 1. The molecule has 1 aliphatic heterocycles. The Morgan fingerprint density at radius 1 is 1.27 bits per heavy atom. The molecule has 2 N–H and O–H groups in total. The van der Waals surface area contributed by atoms with E-state index >= 15 is 0 Å². The van der Waals surface area contributed by atoms with Crippen molar-refractivity contribution in [2.75, 3.05) is 6.61 Å². The Morgan fingerprint density at radius 3 is 2.67 bits per heavy atom. The van der Waals surface area contributed by atoms with Gasteiger partial charge in [0.2, 0.25) is 5.91 Å². The van der Waals surface area contributed by atoms with E-state index in [1.54, 1.807) is 12.1 Å². The van der Waals surface area contributed by atoms with Gasteiger partial charge >= 0.3 is 5.97 Å². The monoisotopic (exact) mass is 426 g/mol. The molecule has 3 atom stereocenters. The lowest BCUT2D eigenvalue weighted by molar-refractivity contribution is -0.172. The Labute approximate surface area is 179 Å². The number of nitrogens with zero attached hydrogens (tertiary/aromatic N) is 1. The molecule has 1 fully saturated rings. The fourth-order valence-electron chi connectivity index (χ4n) is 4.15. The number of aromatic amines is 1. The summed E-state index contributed by atoms with van der Waals surface area (Å²) >= 11 is 6.05. The van der Waals surface area contributed by atoms with Crippen molar-refractivity contribution in [3.63, 3.8) is 0 Å². The zero-order valence-corrected chi connectivity index (χ0v) is 17.3. The van der Waals surface area contributed by atoms with E-state index in [1.807, 2.05) is 49.4 Å². The minimum absolute atomic E-state index is 0.169. The topological polar surface area (TPSA) is 82.6 Å². The molecule has 1 saturated heterocycles. The summed E-state index contributed by atoms with van der Waals surface area (Å²) in [6.07, 6.45) is 0.490. The highest BCUT2D eigenvalue weighted by Crippen LogP contribution is 2.42. The van der Waals surface area contributed by atoms with Crippen LogP contribution in [0.3, 0.4) is 0 Å². The van der Waals surface area contributed by atoms with Crippen LogP contribution in [0.25, 0.3) is 10.9 Å². The number of ether oxygens (including phenoxy) is 1. The average Bonchev–Trinajstić information content (AvgIpc) is 3.16. The van der Waals surface area contributed by atoms with Crippen molar-refractivity contribution in [2.45, 2.75) is 38.0 Å². The van der Waals surface area contributed by atoms with E-state index in [1.165, 1.54) is 4.90 Å². The normalized spacial score (nSPS) is 20.5. The van der Waals surface area contributed by atoms with Crippen LogP contribution in [0.1, 0.15) is 43.2 Å². The molecule has 0 radical (unpaired) electrons. The Kier molecular flexibility index (Phi) is 5.79. The van der Waals surface area contributed by atoms with Crippen LogP contribution in [0.5, 0.6) is 0 Å². The Hall–Kier alpha value is -2.83. The SMILES string of the molecule is CCCC(C(=O)O)N1C(=O)CO[C@@H](c2ccc(Cl)cc2)[C@H]1c1cc2ccccc2[nH]1. The highest BCUT2D eigenvalue weighted by Gasteiger charge is 2.44. The molecule has 1 unspecified atom stereocenters. The lowest BCUT2D eigenvalue weighted by atomic mass is 9.93. The number of hydrogen-bond donors (Lipinski definition) is 2. The molecule has 0 spiro atoms. The van der Waals surface area contributed by atoms with E-state index in [0.717, 1.165) is 22.2 Å². The highest BCUT2D eigenvalue weighted by atomic mass is 35.5. The molecular formula is C23H23ClN2O4. The Bertz CT molecular complexity index is 1030. The minimum Gasteiger partial charge on any atom is -0.480 e. The number of para-hydroxylation sites is 1. The largest absolute Gasteiger partial charge is 0.480 e. The van der Waals surface area contributed by atoms with Gasteiger partial charge in [-0.3, -0.25) is 4.79 Å². The van der Waals surface area contributed by atoms with Crippen LogP contribution in [0.15, 0.2) is 54.6 Å². The average molecular weight is 427 g/mol. The van der Waals surface area contributed by atoms with Crippen LogP contribution < -0.4 is 0 Å². The van der Waals surface area contributed by atoms with Gasteiger partial charge in [0.25, 0.3) is 0 Å². The molecule has 7 heteroatoms. The number of fused-ring (bicyclic) bond motifs is 1. The number of carboxylic acids is 1. The second kappa shape index (κ2) is 8.50. The first-order valence-corrected chi connectivity index (χ1v) is 10.4. The smallest absolute Gasteiger partial charge is 0.326 e. The number of aliphatic carboxylic acids is 1. The minimum atomic E-state index is -1.01. The molecule has 0 bridgehead atoms. The summed E-state index contributed by atoms with van der Waals surface area (Å²) in [4.78, 5) is 29.9. The van der Waals surface area contributed by atoms with Gasteiger partial charge < -0.3 is 19.7 Å². The predicted molar refractivity (Wildman–Crippen MR) is 114 cm³/mol. The van der Waals surface area contributed by atoms with Crippen molar-refractivity contribution in [3.05, 3.63) is 70.9 Å². The zero-order chi connectivity index (χ0) is 21.3. The summed E-state index contributed by atoms with van der Waals surface area (Å²) in [7, 11) is 0. The summed E-state index contributed by atoms with van der Waals surface area (Å²) in [6.45, 7) is 1.74. The van der Waals surface area contributed by atoms with Gasteiger partial charge in [-0.15, -0.1) is 0 Å². The van der Waals surface area contributed by atoms with E-state index in [4.69, 9.17) is 16.3 Å². The first-order chi connectivity index (χ1) is 14.5. The lowest BCUT2D eigenvalue weighted by Gasteiger charge is -2.43. The van der Waals surface area contributed by atoms with Gasteiger partial charge in [-0.25, -0.2) is 4.79 Å². The lowest BCUT2D eigenvalue weighted by Crippen LogP contribution is -2.53. The maximum atomic E-state index is 12.9. The first-order valence-electron chi connectivity index (χ1n) is 9.98. The van der Waals surface area contributed by atoms with E-state index in [0.29, 0.717) is 17.9 Å². The maximum absolute atomic E-state index is 12.9. The number of carbonyl (C=O) groups is 2. The summed E-state index contributed by atoms with van der Waals surface area (Å²) in [6, 6.07) is 15.5.